The third kappa shape index (κ3) is 3.12. The SMILES string of the molecule is Nc1c(C(=O)c2cccc(O)c2)cc(-c2cccnc2)n1-c1ccc(F)cc1. The number of hydrogen-bond donors (Lipinski definition) is 2. The maximum atomic E-state index is 13.4. The van der Waals surface area contributed by atoms with Crippen molar-refractivity contribution in [3.63, 3.8) is 0 Å². The topological polar surface area (TPSA) is 81.1 Å². The minimum atomic E-state index is -0.367. The van der Waals surface area contributed by atoms with Crippen molar-refractivity contribution in [2.75, 3.05) is 5.73 Å². The summed E-state index contributed by atoms with van der Waals surface area (Å²) in [4.78, 5) is 17.2. The number of rotatable bonds is 4. The Kier molecular flexibility index (Phi) is 4.37. The molecule has 0 saturated heterocycles. The zero-order chi connectivity index (χ0) is 19.7. The van der Waals surface area contributed by atoms with Gasteiger partial charge in [-0.3, -0.25) is 14.3 Å². The molecule has 0 unspecified atom stereocenters. The molecule has 138 valence electrons. The van der Waals surface area contributed by atoms with Gasteiger partial charge in [-0.15, -0.1) is 0 Å². The molecule has 2 heterocycles. The van der Waals surface area contributed by atoms with Crippen LogP contribution in [0.2, 0.25) is 0 Å². The molecule has 4 rings (SSSR count). The highest BCUT2D eigenvalue weighted by Crippen LogP contribution is 2.32. The van der Waals surface area contributed by atoms with E-state index in [1.165, 1.54) is 24.3 Å². The van der Waals surface area contributed by atoms with Crippen molar-refractivity contribution < 1.29 is 14.3 Å². The first-order valence-corrected chi connectivity index (χ1v) is 8.56. The molecule has 2 aromatic heterocycles. The first-order valence-electron chi connectivity index (χ1n) is 8.56. The van der Waals surface area contributed by atoms with Crippen LogP contribution in [0.5, 0.6) is 5.75 Å². The maximum Gasteiger partial charge on any atom is 0.196 e. The molecule has 0 atom stereocenters. The zero-order valence-corrected chi connectivity index (χ0v) is 14.7. The van der Waals surface area contributed by atoms with Crippen molar-refractivity contribution in [1.29, 1.82) is 0 Å². The first kappa shape index (κ1) is 17.5. The number of aromatic hydroxyl groups is 1. The lowest BCUT2D eigenvalue weighted by molar-refractivity contribution is 0.103. The van der Waals surface area contributed by atoms with Gasteiger partial charge in [0.2, 0.25) is 0 Å². The van der Waals surface area contributed by atoms with Crippen molar-refractivity contribution >= 4 is 11.6 Å². The van der Waals surface area contributed by atoms with Crippen LogP contribution in [-0.4, -0.2) is 20.4 Å². The smallest absolute Gasteiger partial charge is 0.196 e. The second kappa shape index (κ2) is 7.00. The number of phenols is 1. The van der Waals surface area contributed by atoms with Crippen LogP contribution in [0.25, 0.3) is 16.9 Å². The van der Waals surface area contributed by atoms with Gasteiger partial charge in [0.1, 0.15) is 17.4 Å². The minimum Gasteiger partial charge on any atom is -0.508 e. The summed E-state index contributed by atoms with van der Waals surface area (Å²) in [7, 11) is 0. The summed E-state index contributed by atoms with van der Waals surface area (Å²) < 4.78 is 15.1. The Labute approximate surface area is 160 Å². The van der Waals surface area contributed by atoms with E-state index in [0.29, 0.717) is 16.9 Å². The van der Waals surface area contributed by atoms with Crippen molar-refractivity contribution in [3.8, 4) is 22.7 Å². The summed E-state index contributed by atoms with van der Waals surface area (Å²) in [5, 5.41) is 9.69. The van der Waals surface area contributed by atoms with Crippen molar-refractivity contribution in [2.24, 2.45) is 0 Å². The van der Waals surface area contributed by atoms with Crippen molar-refractivity contribution in [1.82, 2.24) is 9.55 Å². The average molecular weight is 373 g/mol. The van der Waals surface area contributed by atoms with E-state index in [1.54, 1.807) is 53.4 Å². The lowest BCUT2D eigenvalue weighted by atomic mass is 10.0. The summed E-state index contributed by atoms with van der Waals surface area (Å²) in [6, 6.07) is 17.2. The molecule has 0 spiro atoms. The molecule has 0 radical (unpaired) electrons. The minimum absolute atomic E-state index is 0.00475. The van der Waals surface area contributed by atoms with Gasteiger partial charge in [-0.1, -0.05) is 12.1 Å². The third-order valence-electron chi connectivity index (χ3n) is 4.43. The fourth-order valence-electron chi connectivity index (χ4n) is 3.10. The van der Waals surface area contributed by atoms with Crippen LogP contribution in [0.15, 0.2) is 79.1 Å². The number of nitrogen functional groups attached to an aromatic ring is 1. The van der Waals surface area contributed by atoms with Crippen molar-refractivity contribution in [3.05, 3.63) is 96.1 Å². The molecular formula is C22H16FN3O2. The second-order valence-electron chi connectivity index (χ2n) is 6.26. The summed E-state index contributed by atoms with van der Waals surface area (Å²) in [5.41, 5.74) is 8.99. The second-order valence-corrected chi connectivity index (χ2v) is 6.26. The Bertz CT molecular complexity index is 1150. The van der Waals surface area contributed by atoms with Gasteiger partial charge in [0, 0.05) is 29.2 Å². The molecule has 0 fully saturated rings. The number of nitrogens with zero attached hydrogens (tertiary/aromatic N) is 2. The van der Waals surface area contributed by atoms with Crippen LogP contribution in [0.4, 0.5) is 10.2 Å². The molecule has 0 amide bonds. The molecule has 3 N–H and O–H groups in total. The van der Waals surface area contributed by atoms with Gasteiger partial charge in [-0.05, 0) is 54.6 Å². The zero-order valence-electron chi connectivity index (χ0n) is 14.7. The van der Waals surface area contributed by atoms with Crippen LogP contribution in [0.3, 0.4) is 0 Å². The van der Waals surface area contributed by atoms with Gasteiger partial charge in [0.15, 0.2) is 5.78 Å². The van der Waals surface area contributed by atoms with E-state index in [9.17, 15) is 14.3 Å². The molecule has 0 saturated carbocycles. The fourth-order valence-corrected chi connectivity index (χ4v) is 3.10. The number of nitrogens with two attached hydrogens (primary N) is 1. The van der Waals surface area contributed by atoms with E-state index in [2.05, 4.69) is 4.98 Å². The predicted molar refractivity (Wildman–Crippen MR) is 105 cm³/mol. The maximum absolute atomic E-state index is 13.4. The van der Waals surface area contributed by atoms with Gasteiger partial charge < -0.3 is 10.8 Å². The molecule has 0 aliphatic heterocycles. The number of pyridine rings is 1. The number of phenolic OH excluding ortho intramolecular Hbond substituents is 1. The van der Waals surface area contributed by atoms with Gasteiger partial charge in [-0.25, -0.2) is 4.39 Å². The Morgan fingerprint density at radius 3 is 2.50 bits per heavy atom. The Morgan fingerprint density at radius 1 is 1.04 bits per heavy atom. The largest absolute Gasteiger partial charge is 0.508 e. The van der Waals surface area contributed by atoms with Crippen LogP contribution < -0.4 is 5.73 Å². The number of carbonyl (C=O) groups is 1. The van der Waals surface area contributed by atoms with Gasteiger partial charge >= 0.3 is 0 Å². The van der Waals surface area contributed by atoms with E-state index in [1.807, 2.05) is 6.07 Å². The first-order chi connectivity index (χ1) is 13.5. The summed E-state index contributed by atoms with van der Waals surface area (Å²) in [6.45, 7) is 0. The number of aromatic nitrogens is 2. The van der Waals surface area contributed by atoms with Crippen molar-refractivity contribution in [2.45, 2.75) is 0 Å². The van der Waals surface area contributed by atoms with E-state index >= 15 is 0 Å². The lowest BCUT2D eigenvalue weighted by Crippen LogP contribution is -2.07. The molecule has 2 aromatic carbocycles. The van der Waals surface area contributed by atoms with Gasteiger partial charge in [0.25, 0.3) is 0 Å². The monoisotopic (exact) mass is 373 g/mol. The fraction of sp³-hybridized carbons (Fsp3) is 0. The summed E-state index contributed by atoms with van der Waals surface area (Å²) >= 11 is 0. The van der Waals surface area contributed by atoms with E-state index < -0.39 is 0 Å². The highest BCUT2D eigenvalue weighted by Gasteiger charge is 2.22. The molecular weight excluding hydrogens is 357 g/mol. The van der Waals surface area contributed by atoms with Crippen LogP contribution >= 0.6 is 0 Å². The van der Waals surface area contributed by atoms with E-state index in [0.717, 1.165) is 5.56 Å². The molecule has 0 aliphatic rings. The number of halogens is 1. The highest BCUT2D eigenvalue weighted by atomic mass is 19.1. The molecule has 4 aromatic rings. The Balaban J connectivity index is 1.92. The van der Waals surface area contributed by atoms with Gasteiger partial charge in [0.05, 0.1) is 11.3 Å². The standard InChI is InChI=1S/C22H16FN3O2/c23-16-6-8-17(9-7-16)26-20(15-4-2-10-25-13-15)12-19(22(26)24)21(28)14-3-1-5-18(27)11-14/h1-13,27H,24H2. The van der Waals surface area contributed by atoms with E-state index in [4.69, 9.17) is 5.73 Å². The predicted octanol–water partition coefficient (Wildman–Crippen LogP) is 4.20. The number of anilines is 1. The third-order valence-corrected chi connectivity index (χ3v) is 4.43. The Hall–Kier alpha value is -3.93. The molecule has 6 heteroatoms. The molecule has 0 bridgehead atoms. The lowest BCUT2D eigenvalue weighted by Gasteiger charge is -2.11. The van der Waals surface area contributed by atoms with Gasteiger partial charge in [-0.2, -0.15) is 0 Å². The summed E-state index contributed by atoms with van der Waals surface area (Å²) in [5.74, 6) is -0.471. The normalized spacial score (nSPS) is 10.8. The van der Waals surface area contributed by atoms with E-state index in [-0.39, 0.29) is 28.7 Å². The van der Waals surface area contributed by atoms with Crippen LogP contribution in [-0.2, 0) is 0 Å². The highest BCUT2D eigenvalue weighted by molar-refractivity contribution is 6.13. The van der Waals surface area contributed by atoms with Crippen LogP contribution in [0.1, 0.15) is 15.9 Å². The Morgan fingerprint density at radius 2 is 1.82 bits per heavy atom. The molecule has 0 aliphatic carbocycles. The number of carbonyl (C=O) groups excluding carboxylic acids is 1. The summed E-state index contributed by atoms with van der Waals surface area (Å²) in [6.07, 6.45) is 3.31. The number of ketones is 1. The number of hydrogen-bond acceptors (Lipinski definition) is 4. The molecule has 28 heavy (non-hydrogen) atoms. The van der Waals surface area contributed by atoms with Crippen LogP contribution in [0, 0.1) is 5.82 Å². The average Bonchev–Trinajstić information content (AvgIpc) is 3.06. The quantitative estimate of drug-likeness (QED) is 0.526. The number of benzene rings is 2. The molecule has 5 nitrogen and oxygen atoms in total.